The standard InChI is InChI=1S/C29H28F3N5O/c1-21-24(20-35-15-17-36(18-16-35)26-9-7-25(8-10-26)29(30,31)32)19-27(22-5-3-2-4-6-22)37(21)34-28(38)23-11-13-33-14-12-23/h2-14,19H,15-18,20H2,1H3,(H,34,38). The van der Waals surface area contributed by atoms with Crippen molar-refractivity contribution in [3.8, 4) is 11.3 Å². The van der Waals surface area contributed by atoms with Crippen LogP contribution in [0, 0.1) is 6.92 Å². The number of nitrogens with zero attached hydrogens (tertiary/aromatic N) is 4. The summed E-state index contributed by atoms with van der Waals surface area (Å²) in [6.45, 7) is 5.67. The van der Waals surface area contributed by atoms with Crippen LogP contribution in [0.4, 0.5) is 18.9 Å². The number of halogens is 3. The Morgan fingerprint density at radius 3 is 2.21 bits per heavy atom. The first-order valence-electron chi connectivity index (χ1n) is 12.4. The molecule has 1 amide bonds. The van der Waals surface area contributed by atoms with Crippen LogP contribution in [0.25, 0.3) is 11.3 Å². The van der Waals surface area contributed by atoms with Crippen molar-refractivity contribution in [1.29, 1.82) is 0 Å². The topological polar surface area (TPSA) is 53.4 Å². The Morgan fingerprint density at radius 2 is 1.58 bits per heavy atom. The molecule has 0 saturated carbocycles. The predicted molar refractivity (Wildman–Crippen MR) is 141 cm³/mol. The lowest BCUT2D eigenvalue weighted by atomic mass is 10.1. The van der Waals surface area contributed by atoms with Crippen LogP contribution in [-0.2, 0) is 12.7 Å². The molecule has 0 unspecified atom stereocenters. The van der Waals surface area contributed by atoms with Crippen LogP contribution in [0.2, 0.25) is 0 Å². The number of anilines is 1. The molecule has 0 atom stereocenters. The van der Waals surface area contributed by atoms with Gasteiger partial charge in [-0.3, -0.25) is 24.8 Å². The number of benzene rings is 2. The highest BCUT2D eigenvalue weighted by atomic mass is 19.4. The number of pyridine rings is 1. The molecule has 6 nitrogen and oxygen atoms in total. The van der Waals surface area contributed by atoms with E-state index in [1.54, 1.807) is 36.7 Å². The first kappa shape index (κ1) is 25.5. The van der Waals surface area contributed by atoms with Gasteiger partial charge in [-0.15, -0.1) is 0 Å². The van der Waals surface area contributed by atoms with Crippen molar-refractivity contribution < 1.29 is 18.0 Å². The molecule has 5 rings (SSSR count). The van der Waals surface area contributed by atoms with E-state index in [1.165, 1.54) is 0 Å². The van der Waals surface area contributed by atoms with Gasteiger partial charge in [-0.2, -0.15) is 13.2 Å². The Bertz CT molecular complexity index is 1380. The Balaban J connectivity index is 1.31. The van der Waals surface area contributed by atoms with Crippen LogP contribution in [-0.4, -0.2) is 46.6 Å². The lowest BCUT2D eigenvalue weighted by Crippen LogP contribution is -2.46. The molecular formula is C29H28F3N5O. The highest BCUT2D eigenvalue weighted by molar-refractivity contribution is 6.00. The van der Waals surface area contributed by atoms with E-state index in [-0.39, 0.29) is 5.91 Å². The third-order valence-electron chi connectivity index (χ3n) is 6.90. The van der Waals surface area contributed by atoms with Crippen molar-refractivity contribution in [2.24, 2.45) is 0 Å². The lowest BCUT2D eigenvalue weighted by molar-refractivity contribution is -0.137. The van der Waals surface area contributed by atoms with Gasteiger partial charge in [0.05, 0.1) is 11.3 Å². The fourth-order valence-corrected chi connectivity index (χ4v) is 4.72. The molecule has 0 radical (unpaired) electrons. The maximum atomic E-state index is 13.0. The Morgan fingerprint density at radius 1 is 0.921 bits per heavy atom. The van der Waals surface area contributed by atoms with Crippen LogP contribution < -0.4 is 10.3 Å². The maximum absolute atomic E-state index is 13.0. The summed E-state index contributed by atoms with van der Waals surface area (Å²) >= 11 is 0. The molecule has 1 N–H and O–H groups in total. The summed E-state index contributed by atoms with van der Waals surface area (Å²) in [5.74, 6) is -0.222. The van der Waals surface area contributed by atoms with Gasteiger partial charge >= 0.3 is 6.18 Å². The zero-order chi connectivity index (χ0) is 26.7. The number of alkyl halides is 3. The summed E-state index contributed by atoms with van der Waals surface area (Å²) < 4.78 is 40.5. The van der Waals surface area contributed by atoms with Gasteiger partial charge in [-0.05, 0) is 55.0 Å². The van der Waals surface area contributed by atoms with Crippen molar-refractivity contribution in [2.75, 3.05) is 36.5 Å². The number of carbonyl (C=O) groups excluding carboxylic acids is 1. The van der Waals surface area contributed by atoms with E-state index < -0.39 is 11.7 Å². The van der Waals surface area contributed by atoms with Gasteiger partial charge in [0.1, 0.15) is 0 Å². The van der Waals surface area contributed by atoms with Crippen LogP contribution in [0.15, 0.2) is 85.2 Å². The van der Waals surface area contributed by atoms with Gasteiger partial charge in [-0.25, -0.2) is 0 Å². The fourth-order valence-electron chi connectivity index (χ4n) is 4.72. The average Bonchev–Trinajstić information content (AvgIpc) is 3.24. The van der Waals surface area contributed by atoms with Crippen molar-refractivity contribution in [1.82, 2.24) is 14.6 Å². The summed E-state index contributed by atoms with van der Waals surface area (Å²) in [5.41, 5.74) is 7.64. The summed E-state index contributed by atoms with van der Waals surface area (Å²) in [7, 11) is 0. The second-order valence-corrected chi connectivity index (χ2v) is 9.33. The van der Waals surface area contributed by atoms with Gasteiger partial charge in [0, 0.05) is 67.6 Å². The Kier molecular flexibility index (Phi) is 7.20. The molecule has 38 heavy (non-hydrogen) atoms. The second-order valence-electron chi connectivity index (χ2n) is 9.33. The number of rotatable bonds is 6. The minimum atomic E-state index is -4.33. The summed E-state index contributed by atoms with van der Waals surface area (Å²) in [6.07, 6.45) is -1.15. The normalized spacial score (nSPS) is 14.5. The Hall–Kier alpha value is -4.11. The number of carbonyl (C=O) groups is 1. The molecule has 0 spiro atoms. The minimum Gasteiger partial charge on any atom is -0.369 e. The van der Waals surface area contributed by atoms with Crippen LogP contribution in [0.1, 0.15) is 27.2 Å². The van der Waals surface area contributed by atoms with Gasteiger partial charge in [0.2, 0.25) is 0 Å². The summed E-state index contributed by atoms with van der Waals surface area (Å²) in [4.78, 5) is 21.4. The molecule has 9 heteroatoms. The van der Waals surface area contributed by atoms with Gasteiger partial charge in [0.25, 0.3) is 5.91 Å². The summed E-state index contributed by atoms with van der Waals surface area (Å²) in [6, 6.07) is 20.7. The first-order valence-corrected chi connectivity index (χ1v) is 12.4. The zero-order valence-corrected chi connectivity index (χ0v) is 20.9. The van der Waals surface area contributed by atoms with Crippen LogP contribution in [0.5, 0.6) is 0 Å². The largest absolute Gasteiger partial charge is 0.416 e. The molecule has 0 aliphatic carbocycles. The molecule has 2 aromatic heterocycles. The average molecular weight is 520 g/mol. The molecular weight excluding hydrogens is 491 g/mol. The van der Waals surface area contributed by atoms with Crippen molar-refractivity contribution >= 4 is 11.6 Å². The smallest absolute Gasteiger partial charge is 0.369 e. The molecule has 1 aliphatic rings. The van der Waals surface area contributed by atoms with Crippen LogP contribution >= 0.6 is 0 Å². The van der Waals surface area contributed by atoms with Crippen molar-refractivity contribution in [3.63, 3.8) is 0 Å². The maximum Gasteiger partial charge on any atom is 0.416 e. The number of aromatic nitrogens is 2. The quantitative estimate of drug-likeness (QED) is 0.361. The van der Waals surface area contributed by atoms with Crippen molar-refractivity contribution in [3.05, 3.63) is 108 Å². The number of piperazine rings is 1. The number of hydrogen-bond acceptors (Lipinski definition) is 4. The van der Waals surface area contributed by atoms with Crippen LogP contribution in [0.3, 0.4) is 0 Å². The van der Waals surface area contributed by atoms with Gasteiger partial charge in [-0.1, -0.05) is 30.3 Å². The Labute approximate surface area is 219 Å². The SMILES string of the molecule is Cc1c(CN2CCN(c3ccc(C(F)(F)F)cc3)CC2)cc(-c2ccccc2)n1NC(=O)c1ccncc1. The zero-order valence-electron chi connectivity index (χ0n) is 20.9. The third-order valence-corrected chi connectivity index (χ3v) is 6.90. The predicted octanol–water partition coefficient (Wildman–Crippen LogP) is 5.58. The molecule has 4 aromatic rings. The van der Waals surface area contributed by atoms with Crippen molar-refractivity contribution in [2.45, 2.75) is 19.6 Å². The number of amides is 1. The molecule has 1 saturated heterocycles. The van der Waals surface area contributed by atoms with E-state index in [0.717, 1.165) is 66.5 Å². The molecule has 3 heterocycles. The highest BCUT2D eigenvalue weighted by Gasteiger charge is 2.30. The monoisotopic (exact) mass is 519 g/mol. The number of nitrogens with one attached hydrogen (secondary N) is 1. The van der Waals surface area contributed by atoms with E-state index in [1.807, 2.05) is 41.9 Å². The highest BCUT2D eigenvalue weighted by Crippen LogP contribution is 2.31. The fraction of sp³-hybridized carbons (Fsp3) is 0.241. The molecule has 1 fully saturated rings. The first-order chi connectivity index (χ1) is 18.3. The van der Waals surface area contributed by atoms with E-state index in [4.69, 9.17) is 0 Å². The minimum absolute atomic E-state index is 0.222. The van der Waals surface area contributed by atoms with E-state index in [9.17, 15) is 18.0 Å². The molecule has 0 bridgehead atoms. The van der Waals surface area contributed by atoms with E-state index >= 15 is 0 Å². The molecule has 2 aromatic carbocycles. The number of hydrogen-bond donors (Lipinski definition) is 1. The summed E-state index contributed by atoms with van der Waals surface area (Å²) in [5, 5.41) is 0. The third kappa shape index (κ3) is 5.57. The van der Waals surface area contributed by atoms with Gasteiger partial charge < -0.3 is 4.90 Å². The van der Waals surface area contributed by atoms with E-state index in [0.29, 0.717) is 12.1 Å². The molecule has 1 aliphatic heterocycles. The van der Waals surface area contributed by atoms with Gasteiger partial charge in [0.15, 0.2) is 0 Å². The van der Waals surface area contributed by atoms with E-state index in [2.05, 4.69) is 26.3 Å². The second kappa shape index (κ2) is 10.7. The molecule has 196 valence electrons. The lowest BCUT2D eigenvalue weighted by Gasteiger charge is -2.36.